The number of nitrogens with one attached hydrogen (secondary N) is 1. The molecule has 0 spiro atoms. The normalized spacial score (nSPS) is 20.8. The summed E-state index contributed by atoms with van der Waals surface area (Å²) in [5, 5.41) is 3.20. The van der Waals surface area contributed by atoms with Gasteiger partial charge in [0.2, 0.25) is 0 Å². The third-order valence-electron chi connectivity index (χ3n) is 5.21. The summed E-state index contributed by atoms with van der Waals surface area (Å²) in [6.45, 7) is 3.02. The topological polar surface area (TPSA) is 41.6 Å². The summed E-state index contributed by atoms with van der Waals surface area (Å²) >= 11 is 5.51. The Labute approximate surface area is 156 Å². The molecular formula is C18H25BrN2O2S. The van der Waals surface area contributed by atoms with Crippen molar-refractivity contribution < 1.29 is 9.53 Å². The lowest BCUT2D eigenvalue weighted by Gasteiger charge is -2.43. The van der Waals surface area contributed by atoms with E-state index in [-0.39, 0.29) is 11.4 Å². The van der Waals surface area contributed by atoms with Crippen LogP contribution >= 0.6 is 27.7 Å². The first kappa shape index (κ1) is 18.1. The van der Waals surface area contributed by atoms with Crippen LogP contribution in [0.15, 0.2) is 22.7 Å². The van der Waals surface area contributed by atoms with E-state index in [1.54, 1.807) is 13.2 Å². The number of nitrogens with zero attached hydrogens (tertiary/aromatic N) is 1. The van der Waals surface area contributed by atoms with Crippen molar-refractivity contribution in [2.24, 2.45) is 0 Å². The molecule has 132 valence electrons. The van der Waals surface area contributed by atoms with Gasteiger partial charge < -0.3 is 10.1 Å². The quantitative estimate of drug-likeness (QED) is 0.802. The predicted octanol–water partition coefficient (Wildman–Crippen LogP) is 3.55. The summed E-state index contributed by atoms with van der Waals surface area (Å²) in [5.41, 5.74) is 0.791. The smallest absolute Gasteiger partial charge is 0.252 e. The minimum atomic E-state index is -0.0292. The number of hydrogen-bond acceptors (Lipinski definition) is 4. The molecule has 0 atom stereocenters. The summed E-state index contributed by atoms with van der Waals surface area (Å²) in [4.78, 5) is 15.3. The van der Waals surface area contributed by atoms with E-state index >= 15 is 0 Å². The molecule has 24 heavy (non-hydrogen) atoms. The maximum absolute atomic E-state index is 12.7. The van der Waals surface area contributed by atoms with E-state index in [0.29, 0.717) is 11.3 Å². The molecule has 0 radical (unpaired) electrons. The van der Waals surface area contributed by atoms with E-state index in [9.17, 15) is 4.79 Å². The number of amides is 1. The van der Waals surface area contributed by atoms with Gasteiger partial charge in [-0.3, -0.25) is 9.69 Å². The highest BCUT2D eigenvalue weighted by molar-refractivity contribution is 9.10. The van der Waals surface area contributed by atoms with Crippen molar-refractivity contribution in [3.8, 4) is 5.75 Å². The van der Waals surface area contributed by atoms with Crippen LogP contribution in [0.1, 0.15) is 36.0 Å². The Kier molecular flexibility index (Phi) is 6.11. The zero-order valence-corrected chi connectivity index (χ0v) is 16.5. The standard InChI is InChI=1S/C18H25BrN2O2S/c1-23-14-4-5-16(19)15(12-14)17(22)20-13-18(6-2-3-7-18)21-8-10-24-11-9-21/h4-5,12H,2-3,6-11,13H2,1H3,(H,20,22). The fraction of sp³-hybridized carbons (Fsp3) is 0.611. The van der Waals surface area contributed by atoms with Gasteiger partial charge in [0.05, 0.1) is 12.7 Å². The zero-order chi connectivity index (χ0) is 17.0. The van der Waals surface area contributed by atoms with Gasteiger partial charge in [0, 0.05) is 41.2 Å². The number of rotatable bonds is 5. The van der Waals surface area contributed by atoms with Crippen LogP contribution in [0, 0.1) is 0 Å². The van der Waals surface area contributed by atoms with Crippen molar-refractivity contribution in [1.29, 1.82) is 0 Å². The minimum absolute atomic E-state index is 0.0292. The number of halogens is 1. The second kappa shape index (κ2) is 8.11. The van der Waals surface area contributed by atoms with Gasteiger partial charge in [0.25, 0.3) is 5.91 Å². The molecule has 3 rings (SSSR count). The molecule has 1 heterocycles. The van der Waals surface area contributed by atoms with Gasteiger partial charge in [-0.2, -0.15) is 11.8 Å². The lowest BCUT2D eigenvalue weighted by atomic mass is 9.94. The molecule has 0 bridgehead atoms. The predicted molar refractivity (Wildman–Crippen MR) is 103 cm³/mol. The van der Waals surface area contributed by atoms with Crippen molar-refractivity contribution in [1.82, 2.24) is 10.2 Å². The van der Waals surface area contributed by atoms with Crippen LogP contribution in [0.2, 0.25) is 0 Å². The number of benzene rings is 1. The van der Waals surface area contributed by atoms with Crippen molar-refractivity contribution in [2.75, 3.05) is 38.2 Å². The van der Waals surface area contributed by atoms with Crippen LogP contribution in [0.3, 0.4) is 0 Å². The van der Waals surface area contributed by atoms with Crippen LogP contribution in [-0.2, 0) is 0 Å². The molecule has 1 aromatic carbocycles. The lowest BCUT2D eigenvalue weighted by molar-refractivity contribution is 0.0816. The number of carbonyl (C=O) groups is 1. The van der Waals surface area contributed by atoms with Crippen LogP contribution in [0.4, 0.5) is 0 Å². The highest BCUT2D eigenvalue weighted by Gasteiger charge is 2.40. The number of hydrogen-bond donors (Lipinski definition) is 1. The molecule has 0 unspecified atom stereocenters. The molecule has 2 aliphatic rings. The average Bonchev–Trinajstić information content (AvgIpc) is 3.11. The Bertz CT molecular complexity index is 584. The number of carbonyl (C=O) groups excluding carboxylic acids is 1. The van der Waals surface area contributed by atoms with Gasteiger partial charge in [-0.05, 0) is 47.0 Å². The summed E-state index contributed by atoms with van der Waals surface area (Å²) in [5.74, 6) is 3.08. The Morgan fingerprint density at radius 3 is 2.71 bits per heavy atom. The molecule has 2 fully saturated rings. The van der Waals surface area contributed by atoms with E-state index in [1.807, 2.05) is 23.9 Å². The molecule has 1 amide bonds. The molecule has 1 N–H and O–H groups in total. The van der Waals surface area contributed by atoms with Gasteiger partial charge >= 0.3 is 0 Å². The van der Waals surface area contributed by atoms with E-state index in [1.165, 1.54) is 37.2 Å². The van der Waals surface area contributed by atoms with Crippen LogP contribution < -0.4 is 10.1 Å². The Morgan fingerprint density at radius 2 is 2.04 bits per heavy atom. The van der Waals surface area contributed by atoms with E-state index in [2.05, 4.69) is 26.1 Å². The van der Waals surface area contributed by atoms with Crippen LogP contribution in [0.25, 0.3) is 0 Å². The fourth-order valence-electron chi connectivity index (χ4n) is 3.82. The second-order valence-electron chi connectivity index (χ2n) is 6.56. The van der Waals surface area contributed by atoms with E-state index in [4.69, 9.17) is 4.74 Å². The zero-order valence-electron chi connectivity index (χ0n) is 14.1. The number of ether oxygens (including phenoxy) is 1. The molecule has 1 aliphatic heterocycles. The third kappa shape index (κ3) is 3.92. The molecule has 1 aliphatic carbocycles. The summed E-state index contributed by atoms with van der Waals surface area (Å²) in [6, 6.07) is 5.50. The van der Waals surface area contributed by atoms with Crippen molar-refractivity contribution in [3.63, 3.8) is 0 Å². The summed E-state index contributed by atoms with van der Waals surface area (Å²) < 4.78 is 6.04. The minimum Gasteiger partial charge on any atom is -0.497 e. The Morgan fingerprint density at radius 1 is 1.33 bits per heavy atom. The highest BCUT2D eigenvalue weighted by Crippen LogP contribution is 2.36. The fourth-order valence-corrected chi connectivity index (χ4v) is 5.15. The highest BCUT2D eigenvalue weighted by atomic mass is 79.9. The van der Waals surface area contributed by atoms with Gasteiger partial charge in [0.15, 0.2) is 0 Å². The number of methoxy groups -OCH3 is 1. The molecule has 6 heteroatoms. The Hall–Kier alpha value is -0.720. The second-order valence-corrected chi connectivity index (χ2v) is 8.64. The maximum Gasteiger partial charge on any atom is 0.252 e. The van der Waals surface area contributed by atoms with E-state index < -0.39 is 0 Å². The monoisotopic (exact) mass is 412 g/mol. The van der Waals surface area contributed by atoms with Gasteiger partial charge in [0.1, 0.15) is 5.75 Å². The third-order valence-corrected chi connectivity index (χ3v) is 6.85. The van der Waals surface area contributed by atoms with Crippen molar-refractivity contribution in [3.05, 3.63) is 28.2 Å². The van der Waals surface area contributed by atoms with Crippen LogP contribution in [-0.4, -0.2) is 54.6 Å². The molecule has 0 aromatic heterocycles. The van der Waals surface area contributed by atoms with Crippen molar-refractivity contribution in [2.45, 2.75) is 31.2 Å². The first-order chi connectivity index (χ1) is 11.6. The molecule has 1 aromatic rings. The van der Waals surface area contributed by atoms with Gasteiger partial charge in [-0.1, -0.05) is 12.8 Å². The summed E-state index contributed by atoms with van der Waals surface area (Å²) in [6.07, 6.45) is 4.92. The van der Waals surface area contributed by atoms with Gasteiger partial charge in [-0.25, -0.2) is 0 Å². The molecule has 1 saturated heterocycles. The van der Waals surface area contributed by atoms with Crippen molar-refractivity contribution >= 4 is 33.6 Å². The largest absolute Gasteiger partial charge is 0.497 e. The molecule has 4 nitrogen and oxygen atoms in total. The molecule has 1 saturated carbocycles. The lowest BCUT2D eigenvalue weighted by Crippen LogP contribution is -2.56. The first-order valence-corrected chi connectivity index (χ1v) is 10.5. The number of thioether (sulfide) groups is 1. The van der Waals surface area contributed by atoms with Crippen LogP contribution in [0.5, 0.6) is 5.75 Å². The van der Waals surface area contributed by atoms with E-state index in [0.717, 1.165) is 24.1 Å². The SMILES string of the molecule is COc1ccc(Br)c(C(=O)NCC2(N3CCSCC3)CCCC2)c1. The summed E-state index contributed by atoms with van der Waals surface area (Å²) in [7, 11) is 1.62. The Balaban J connectivity index is 1.69. The molecular weight excluding hydrogens is 388 g/mol. The first-order valence-electron chi connectivity index (χ1n) is 8.59. The van der Waals surface area contributed by atoms with Gasteiger partial charge in [-0.15, -0.1) is 0 Å². The average molecular weight is 413 g/mol. The maximum atomic E-state index is 12.7.